The highest BCUT2D eigenvalue weighted by atomic mass is 32.1. The molecule has 0 spiro atoms. The maximum absolute atomic E-state index is 5.07. The fourth-order valence-electron chi connectivity index (χ4n) is 1.65. The van der Waals surface area contributed by atoms with E-state index in [1.165, 1.54) is 0 Å². The van der Waals surface area contributed by atoms with Crippen LogP contribution in [0.2, 0.25) is 0 Å². The molecule has 0 saturated carbocycles. The van der Waals surface area contributed by atoms with E-state index in [0.29, 0.717) is 4.77 Å². The highest BCUT2D eigenvalue weighted by Gasteiger charge is 2.04. The number of nitrogens with one attached hydrogen (secondary N) is 1. The van der Waals surface area contributed by atoms with Crippen molar-refractivity contribution in [3.05, 3.63) is 41.4 Å². The van der Waals surface area contributed by atoms with Crippen molar-refractivity contribution in [1.82, 2.24) is 25.2 Å². The molecule has 3 rings (SSSR count). The summed E-state index contributed by atoms with van der Waals surface area (Å²) in [7, 11) is 0. The first-order chi connectivity index (χ1) is 7.86. The van der Waals surface area contributed by atoms with Crippen LogP contribution in [0.15, 0.2) is 36.7 Å². The van der Waals surface area contributed by atoms with E-state index in [-0.39, 0.29) is 0 Å². The summed E-state index contributed by atoms with van der Waals surface area (Å²) in [6, 6.07) is 7.84. The Morgan fingerprint density at radius 2 is 2.19 bits per heavy atom. The summed E-state index contributed by atoms with van der Waals surface area (Å²) < 4.78 is 2.07. The van der Waals surface area contributed by atoms with Gasteiger partial charge in [0.05, 0.1) is 5.69 Å². The number of benzene rings is 1. The predicted octanol–water partition coefficient (Wildman–Crippen LogP) is 1.87. The Bertz CT molecular complexity index is 694. The Labute approximate surface area is 95.7 Å². The van der Waals surface area contributed by atoms with E-state index in [1.807, 2.05) is 30.5 Å². The topological polar surface area (TPSA) is 59.4 Å². The lowest BCUT2D eigenvalue weighted by atomic mass is 10.1. The van der Waals surface area contributed by atoms with Crippen molar-refractivity contribution in [3.63, 3.8) is 0 Å². The van der Waals surface area contributed by atoms with Crippen molar-refractivity contribution in [2.45, 2.75) is 0 Å². The van der Waals surface area contributed by atoms with E-state index >= 15 is 0 Å². The Kier molecular flexibility index (Phi) is 2.00. The SMILES string of the molecule is S=c1nn[nH]n1-c1cccc2cnccc12. The molecule has 2 aromatic heterocycles. The molecular weight excluding hydrogens is 222 g/mol. The Morgan fingerprint density at radius 1 is 1.25 bits per heavy atom. The van der Waals surface area contributed by atoms with Crippen LogP contribution >= 0.6 is 12.2 Å². The number of pyridine rings is 1. The lowest BCUT2D eigenvalue weighted by Crippen LogP contribution is -1.97. The lowest BCUT2D eigenvalue weighted by molar-refractivity contribution is 0.790. The highest BCUT2D eigenvalue weighted by Crippen LogP contribution is 2.20. The molecule has 0 aliphatic heterocycles. The van der Waals surface area contributed by atoms with Gasteiger partial charge in [-0.3, -0.25) is 4.98 Å². The molecule has 0 saturated heterocycles. The number of aromatic nitrogens is 5. The van der Waals surface area contributed by atoms with E-state index in [2.05, 4.69) is 20.5 Å². The van der Waals surface area contributed by atoms with Crippen LogP contribution in [0.4, 0.5) is 0 Å². The average molecular weight is 229 g/mol. The zero-order valence-electron chi connectivity index (χ0n) is 8.16. The second kappa shape index (κ2) is 3.49. The zero-order valence-corrected chi connectivity index (χ0v) is 8.98. The second-order valence-corrected chi connectivity index (χ2v) is 3.66. The van der Waals surface area contributed by atoms with Crippen LogP contribution < -0.4 is 0 Å². The van der Waals surface area contributed by atoms with Crippen LogP contribution in [0.3, 0.4) is 0 Å². The summed E-state index contributed by atoms with van der Waals surface area (Å²) in [5.41, 5.74) is 0.926. The molecule has 78 valence electrons. The van der Waals surface area contributed by atoms with E-state index in [1.54, 1.807) is 10.9 Å². The van der Waals surface area contributed by atoms with Gasteiger partial charge in [-0.25, -0.2) is 4.68 Å². The molecule has 3 aromatic rings. The second-order valence-electron chi connectivity index (χ2n) is 3.29. The Balaban J connectivity index is 2.41. The van der Waals surface area contributed by atoms with Gasteiger partial charge >= 0.3 is 0 Å². The number of aromatic amines is 1. The summed E-state index contributed by atoms with van der Waals surface area (Å²) >= 11 is 5.07. The molecule has 0 bridgehead atoms. The van der Waals surface area contributed by atoms with Gasteiger partial charge in [0.25, 0.3) is 0 Å². The van der Waals surface area contributed by atoms with Gasteiger partial charge in [0.1, 0.15) is 0 Å². The van der Waals surface area contributed by atoms with Gasteiger partial charge in [0, 0.05) is 23.2 Å². The molecule has 1 aromatic carbocycles. The average Bonchev–Trinajstić information content (AvgIpc) is 2.75. The lowest BCUT2D eigenvalue weighted by Gasteiger charge is -2.04. The van der Waals surface area contributed by atoms with Crippen LogP contribution in [0.1, 0.15) is 0 Å². The monoisotopic (exact) mass is 229 g/mol. The maximum Gasteiger partial charge on any atom is 0.242 e. The van der Waals surface area contributed by atoms with Gasteiger partial charge in [-0.1, -0.05) is 22.4 Å². The molecule has 0 atom stereocenters. The van der Waals surface area contributed by atoms with E-state index in [0.717, 1.165) is 16.5 Å². The Morgan fingerprint density at radius 3 is 3.00 bits per heavy atom. The minimum absolute atomic E-state index is 0.407. The molecule has 5 nitrogen and oxygen atoms in total. The van der Waals surface area contributed by atoms with Gasteiger partial charge < -0.3 is 0 Å². The fourth-order valence-corrected chi connectivity index (χ4v) is 1.83. The minimum atomic E-state index is 0.407. The summed E-state index contributed by atoms with van der Waals surface area (Å²) in [6.07, 6.45) is 3.56. The molecular formula is C10H7N5S. The van der Waals surface area contributed by atoms with Gasteiger partial charge in [0.2, 0.25) is 4.77 Å². The number of hydrogen-bond donors (Lipinski definition) is 1. The van der Waals surface area contributed by atoms with Crippen molar-refractivity contribution < 1.29 is 0 Å². The number of nitrogens with zero attached hydrogens (tertiary/aromatic N) is 4. The molecule has 1 N–H and O–H groups in total. The third-order valence-electron chi connectivity index (χ3n) is 2.37. The molecule has 16 heavy (non-hydrogen) atoms. The van der Waals surface area contributed by atoms with Gasteiger partial charge in [-0.05, 0) is 24.4 Å². The molecule has 0 fully saturated rings. The molecule has 6 heteroatoms. The smallest absolute Gasteiger partial charge is 0.242 e. The summed E-state index contributed by atoms with van der Waals surface area (Å²) in [5.74, 6) is 0. The maximum atomic E-state index is 5.07. The van der Waals surface area contributed by atoms with Crippen LogP contribution in [-0.2, 0) is 0 Å². The van der Waals surface area contributed by atoms with Crippen molar-refractivity contribution in [3.8, 4) is 5.69 Å². The standard InChI is InChI=1S/C10H7N5S/c16-10-12-13-14-15(10)9-3-1-2-7-6-11-5-4-8(7)9/h1-6H,(H,12,14,16). The molecule has 0 aliphatic rings. The third kappa shape index (κ3) is 1.31. The minimum Gasteiger partial charge on any atom is -0.264 e. The van der Waals surface area contributed by atoms with Crippen LogP contribution in [-0.4, -0.2) is 25.2 Å². The van der Waals surface area contributed by atoms with Crippen molar-refractivity contribution >= 4 is 23.0 Å². The van der Waals surface area contributed by atoms with Crippen molar-refractivity contribution in [2.24, 2.45) is 0 Å². The highest BCUT2D eigenvalue weighted by molar-refractivity contribution is 7.71. The van der Waals surface area contributed by atoms with E-state index in [9.17, 15) is 0 Å². The summed E-state index contributed by atoms with van der Waals surface area (Å²) in [6.45, 7) is 0. The molecule has 0 aliphatic carbocycles. The molecule has 0 radical (unpaired) electrons. The molecule has 2 heterocycles. The first kappa shape index (κ1) is 9.17. The molecule has 0 unspecified atom stereocenters. The number of rotatable bonds is 1. The first-order valence-corrected chi connectivity index (χ1v) is 5.10. The van der Waals surface area contributed by atoms with Gasteiger partial charge in [-0.2, -0.15) is 5.21 Å². The van der Waals surface area contributed by atoms with Crippen LogP contribution in [0, 0.1) is 4.77 Å². The van der Waals surface area contributed by atoms with Crippen molar-refractivity contribution in [1.29, 1.82) is 0 Å². The fraction of sp³-hybridized carbons (Fsp3) is 0. The van der Waals surface area contributed by atoms with E-state index < -0.39 is 0 Å². The largest absolute Gasteiger partial charge is 0.264 e. The zero-order chi connectivity index (χ0) is 11.0. The normalized spacial score (nSPS) is 10.8. The van der Waals surface area contributed by atoms with Crippen LogP contribution in [0.5, 0.6) is 0 Å². The summed E-state index contributed by atoms with van der Waals surface area (Å²) in [5, 5.41) is 12.3. The number of H-pyrrole nitrogens is 1. The van der Waals surface area contributed by atoms with E-state index in [4.69, 9.17) is 12.2 Å². The summed E-state index contributed by atoms with van der Waals surface area (Å²) in [4.78, 5) is 4.08. The van der Waals surface area contributed by atoms with Gasteiger partial charge in [-0.15, -0.1) is 0 Å². The number of fused-ring (bicyclic) bond motifs is 1. The number of hydrogen-bond acceptors (Lipinski definition) is 4. The first-order valence-electron chi connectivity index (χ1n) is 4.69. The number of tetrazole rings is 1. The third-order valence-corrected chi connectivity index (χ3v) is 2.63. The van der Waals surface area contributed by atoms with Crippen LogP contribution in [0.25, 0.3) is 16.5 Å². The Hall–Kier alpha value is -2.08. The van der Waals surface area contributed by atoms with Crippen molar-refractivity contribution in [2.75, 3.05) is 0 Å². The quantitative estimate of drug-likeness (QED) is 0.647. The predicted molar refractivity (Wildman–Crippen MR) is 61.8 cm³/mol. The van der Waals surface area contributed by atoms with Gasteiger partial charge in [0.15, 0.2) is 0 Å². The molecule has 0 amide bonds.